The number of hydrogen-bond acceptors (Lipinski definition) is 6. The summed E-state index contributed by atoms with van der Waals surface area (Å²) in [4.78, 5) is 13.2. The molecule has 3 N–H and O–H groups in total. The van der Waals surface area contributed by atoms with E-state index in [2.05, 4.69) is 41.0 Å². The average molecular weight is 303 g/mol. The van der Waals surface area contributed by atoms with Crippen molar-refractivity contribution in [2.45, 2.75) is 64.0 Å². The number of ether oxygens (including phenoxy) is 1. The number of hydrogen-bond donors (Lipinski definition) is 2. The predicted octanol–water partition coefficient (Wildman–Crippen LogP) is 2.12. The Kier molecular flexibility index (Phi) is 2.92. The van der Waals surface area contributed by atoms with Crippen LogP contribution in [0.1, 0.15) is 52.3 Å². The quantitative estimate of drug-likeness (QED) is 0.870. The highest BCUT2D eigenvalue weighted by Gasteiger charge is 2.66. The number of anilines is 2. The van der Waals surface area contributed by atoms with Crippen molar-refractivity contribution in [1.82, 2.24) is 15.0 Å². The topological polar surface area (TPSA) is 86.0 Å². The standard InChI is InChI=1S/C16H25N5O/c1-15(2,3)12-19-13(17)21-14(20-12)18-10-9-5-8-22-11(9)16(10)6-4-7-16/h9-11H,4-8H2,1-3H3,(H3,17,18,19,20,21)/t9-,10+,11+/m0/s1. The first kappa shape index (κ1) is 14.2. The smallest absolute Gasteiger partial charge is 0.228 e. The molecule has 2 heterocycles. The van der Waals surface area contributed by atoms with Gasteiger partial charge >= 0.3 is 0 Å². The van der Waals surface area contributed by atoms with Crippen LogP contribution in [0.4, 0.5) is 11.9 Å². The Balaban J connectivity index is 1.60. The number of fused-ring (bicyclic) bond motifs is 2. The van der Waals surface area contributed by atoms with Gasteiger partial charge in [0.2, 0.25) is 11.9 Å². The highest BCUT2D eigenvalue weighted by molar-refractivity contribution is 5.38. The summed E-state index contributed by atoms with van der Waals surface area (Å²) >= 11 is 0. The molecule has 120 valence electrons. The molecule has 1 saturated heterocycles. The molecule has 1 aromatic heterocycles. The van der Waals surface area contributed by atoms with Crippen LogP contribution >= 0.6 is 0 Å². The molecular formula is C16H25N5O. The molecule has 22 heavy (non-hydrogen) atoms. The molecule has 3 fully saturated rings. The first-order valence-corrected chi connectivity index (χ1v) is 8.30. The van der Waals surface area contributed by atoms with Crippen molar-refractivity contribution in [1.29, 1.82) is 0 Å². The van der Waals surface area contributed by atoms with E-state index in [0.717, 1.165) is 18.9 Å². The Morgan fingerprint density at radius 2 is 2.00 bits per heavy atom. The molecular weight excluding hydrogens is 278 g/mol. The molecule has 1 spiro atoms. The van der Waals surface area contributed by atoms with E-state index in [-0.39, 0.29) is 5.41 Å². The number of nitrogens with two attached hydrogens (primary N) is 1. The Morgan fingerprint density at radius 3 is 2.64 bits per heavy atom. The first-order valence-electron chi connectivity index (χ1n) is 8.30. The summed E-state index contributed by atoms with van der Waals surface area (Å²) in [6, 6.07) is 0.420. The lowest BCUT2D eigenvalue weighted by atomic mass is 9.46. The molecule has 0 bridgehead atoms. The SMILES string of the molecule is CC(C)(C)c1nc(N)nc(N[C@@H]2[C@@H]3CCO[C@H]3C23CCC3)n1. The molecule has 4 rings (SSSR count). The predicted molar refractivity (Wildman–Crippen MR) is 84.5 cm³/mol. The minimum Gasteiger partial charge on any atom is -0.377 e. The number of nitrogens with zero attached hydrogens (tertiary/aromatic N) is 3. The second-order valence-electron chi connectivity index (χ2n) is 8.04. The number of nitrogens with one attached hydrogen (secondary N) is 1. The lowest BCUT2D eigenvalue weighted by molar-refractivity contribution is -0.158. The zero-order valence-corrected chi connectivity index (χ0v) is 13.6. The molecule has 0 aromatic carbocycles. The lowest BCUT2D eigenvalue weighted by Crippen LogP contribution is -2.69. The summed E-state index contributed by atoms with van der Waals surface area (Å²) in [5.41, 5.74) is 6.06. The molecule has 1 aromatic rings. The molecule has 0 amide bonds. The summed E-state index contributed by atoms with van der Waals surface area (Å²) in [5, 5.41) is 3.57. The maximum Gasteiger partial charge on any atom is 0.228 e. The van der Waals surface area contributed by atoms with Crippen LogP contribution in [0.25, 0.3) is 0 Å². The maximum atomic E-state index is 5.96. The molecule has 2 aliphatic carbocycles. The van der Waals surface area contributed by atoms with Gasteiger partial charge in [-0.25, -0.2) is 0 Å². The average Bonchev–Trinajstić information content (AvgIpc) is 2.78. The fourth-order valence-corrected chi connectivity index (χ4v) is 4.39. The maximum absolute atomic E-state index is 5.96. The van der Waals surface area contributed by atoms with Gasteiger partial charge < -0.3 is 15.8 Å². The van der Waals surface area contributed by atoms with E-state index in [1.165, 1.54) is 19.3 Å². The van der Waals surface area contributed by atoms with Crippen LogP contribution in [0.5, 0.6) is 0 Å². The van der Waals surface area contributed by atoms with Crippen LogP contribution in [0, 0.1) is 11.3 Å². The second-order valence-corrected chi connectivity index (χ2v) is 8.04. The first-order chi connectivity index (χ1) is 10.4. The van der Waals surface area contributed by atoms with E-state index >= 15 is 0 Å². The van der Waals surface area contributed by atoms with E-state index in [1.807, 2.05) is 0 Å². The molecule has 6 nitrogen and oxygen atoms in total. The fourth-order valence-electron chi connectivity index (χ4n) is 4.39. The van der Waals surface area contributed by atoms with Crippen molar-refractivity contribution >= 4 is 11.9 Å². The summed E-state index contributed by atoms with van der Waals surface area (Å²) < 4.78 is 5.96. The fraction of sp³-hybridized carbons (Fsp3) is 0.812. The summed E-state index contributed by atoms with van der Waals surface area (Å²) in [5.74, 6) is 2.25. The van der Waals surface area contributed by atoms with Crippen molar-refractivity contribution in [3.05, 3.63) is 5.82 Å². The Morgan fingerprint density at radius 1 is 1.23 bits per heavy atom. The van der Waals surface area contributed by atoms with Gasteiger partial charge in [-0.3, -0.25) is 0 Å². The zero-order valence-electron chi connectivity index (χ0n) is 13.6. The molecule has 0 radical (unpaired) electrons. The zero-order chi connectivity index (χ0) is 15.5. The van der Waals surface area contributed by atoms with Gasteiger partial charge in [0.15, 0.2) is 0 Å². The monoisotopic (exact) mass is 303 g/mol. The Hall–Kier alpha value is -1.43. The summed E-state index contributed by atoms with van der Waals surface area (Å²) in [6.07, 6.45) is 5.38. The van der Waals surface area contributed by atoms with Crippen molar-refractivity contribution in [3.63, 3.8) is 0 Å². The highest BCUT2D eigenvalue weighted by atomic mass is 16.5. The van der Waals surface area contributed by atoms with Gasteiger partial charge in [0.1, 0.15) is 5.82 Å². The van der Waals surface area contributed by atoms with Crippen LogP contribution in [0.15, 0.2) is 0 Å². The van der Waals surface area contributed by atoms with Crippen LogP contribution < -0.4 is 11.1 Å². The van der Waals surface area contributed by atoms with Crippen molar-refractivity contribution in [2.24, 2.45) is 11.3 Å². The van der Waals surface area contributed by atoms with Crippen LogP contribution in [-0.2, 0) is 10.2 Å². The van der Waals surface area contributed by atoms with Crippen molar-refractivity contribution in [3.8, 4) is 0 Å². The van der Waals surface area contributed by atoms with Crippen molar-refractivity contribution < 1.29 is 4.74 Å². The van der Waals surface area contributed by atoms with E-state index in [4.69, 9.17) is 10.5 Å². The molecule has 2 saturated carbocycles. The third-order valence-electron chi connectivity index (χ3n) is 5.64. The van der Waals surface area contributed by atoms with Gasteiger partial charge in [0.05, 0.1) is 6.10 Å². The number of aromatic nitrogens is 3. The second kappa shape index (κ2) is 4.54. The number of rotatable bonds is 2. The molecule has 1 aliphatic heterocycles. The van der Waals surface area contributed by atoms with Gasteiger partial charge in [0, 0.05) is 29.4 Å². The van der Waals surface area contributed by atoms with Gasteiger partial charge in [-0.05, 0) is 19.3 Å². The molecule has 3 atom stereocenters. The third kappa shape index (κ3) is 1.93. The van der Waals surface area contributed by atoms with Crippen molar-refractivity contribution in [2.75, 3.05) is 17.7 Å². The van der Waals surface area contributed by atoms with Crippen LogP contribution in [-0.4, -0.2) is 33.7 Å². The molecule has 3 aliphatic rings. The van der Waals surface area contributed by atoms with Gasteiger partial charge in [0.25, 0.3) is 0 Å². The van der Waals surface area contributed by atoms with E-state index < -0.39 is 0 Å². The Labute approximate surface area is 131 Å². The number of nitrogen functional groups attached to an aromatic ring is 1. The van der Waals surface area contributed by atoms with Gasteiger partial charge in [-0.1, -0.05) is 27.2 Å². The normalized spacial score (nSPS) is 32.2. The summed E-state index contributed by atoms with van der Waals surface area (Å²) in [6.45, 7) is 7.15. The van der Waals surface area contributed by atoms with Crippen LogP contribution in [0.3, 0.4) is 0 Å². The lowest BCUT2D eigenvalue weighted by Gasteiger charge is -2.63. The highest BCUT2D eigenvalue weighted by Crippen LogP contribution is 2.63. The minimum atomic E-state index is -0.139. The van der Waals surface area contributed by atoms with E-state index in [9.17, 15) is 0 Å². The largest absolute Gasteiger partial charge is 0.377 e. The third-order valence-corrected chi connectivity index (χ3v) is 5.64. The van der Waals surface area contributed by atoms with Gasteiger partial charge in [-0.2, -0.15) is 15.0 Å². The van der Waals surface area contributed by atoms with E-state index in [0.29, 0.717) is 35.4 Å². The Bertz CT molecular complexity index is 593. The van der Waals surface area contributed by atoms with E-state index in [1.54, 1.807) is 0 Å². The molecule has 0 unspecified atom stereocenters. The van der Waals surface area contributed by atoms with Gasteiger partial charge in [-0.15, -0.1) is 0 Å². The van der Waals surface area contributed by atoms with Crippen LogP contribution in [0.2, 0.25) is 0 Å². The minimum absolute atomic E-state index is 0.139. The summed E-state index contributed by atoms with van der Waals surface area (Å²) in [7, 11) is 0. The molecule has 6 heteroatoms.